The molecule has 0 bridgehead atoms. The first-order chi connectivity index (χ1) is 13.5. The maximum absolute atomic E-state index is 12.8. The molecule has 0 atom stereocenters. The van der Waals surface area contributed by atoms with Crippen molar-refractivity contribution < 1.29 is 14.3 Å². The van der Waals surface area contributed by atoms with Crippen LogP contribution in [0, 0.1) is 6.92 Å². The minimum atomic E-state index is -0.627. The molecule has 0 radical (unpaired) electrons. The number of rotatable bonds is 3. The van der Waals surface area contributed by atoms with Gasteiger partial charge in [0.1, 0.15) is 17.1 Å². The second kappa shape index (κ2) is 7.11. The Bertz CT molecular complexity index is 959. The Morgan fingerprint density at radius 2 is 1.89 bits per heavy atom. The highest BCUT2D eigenvalue weighted by atomic mass is 16.5. The van der Waals surface area contributed by atoms with E-state index in [1.165, 1.54) is 0 Å². The van der Waals surface area contributed by atoms with Crippen molar-refractivity contribution in [2.45, 2.75) is 25.4 Å². The SMILES string of the molecule is COc1cccc(C2=NC3(CCN(C(=O)c4ccccc4C)CC3)NC2=O)c1. The summed E-state index contributed by atoms with van der Waals surface area (Å²) in [5.74, 6) is 0.550. The summed E-state index contributed by atoms with van der Waals surface area (Å²) in [5, 5.41) is 3.04. The smallest absolute Gasteiger partial charge is 0.272 e. The van der Waals surface area contributed by atoms with E-state index in [4.69, 9.17) is 9.73 Å². The molecule has 1 N–H and O–H groups in total. The second-order valence-corrected chi connectivity index (χ2v) is 7.29. The Labute approximate surface area is 164 Å². The van der Waals surface area contributed by atoms with Crippen LogP contribution in [0.4, 0.5) is 0 Å². The van der Waals surface area contributed by atoms with Gasteiger partial charge in [0.2, 0.25) is 0 Å². The lowest BCUT2D eigenvalue weighted by atomic mass is 9.97. The lowest BCUT2D eigenvalue weighted by molar-refractivity contribution is -0.115. The van der Waals surface area contributed by atoms with Crippen LogP contribution in [0.5, 0.6) is 5.75 Å². The average Bonchev–Trinajstić information content (AvgIpc) is 3.04. The van der Waals surface area contributed by atoms with Gasteiger partial charge in [0, 0.05) is 37.1 Å². The van der Waals surface area contributed by atoms with Crippen LogP contribution >= 0.6 is 0 Å². The molecule has 2 aromatic rings. The van der Waals surface area contributed by atoms with Crippen LogP contribution in [0.1, 0.15) is 34.3 Å². The summed E-state index contributed by atoms with van der Waals surface area (Å²) in [4.78, 5) is 32.0. The van der Waals surface area contributed by atoms with Crippen LogP contribution in [0.25, 0.3) is 0 Å². The first-order valence-electron chi connectivity index (χ1n) is 9.43. The fourth-order valence-electron chi connectivity index (χ4n) is 3.83. The van der Waals surface area contributed by atoms with Crippen LogP contribution in [-0.2, 0) is 4.79 Å². The lowest BCUT2D eigenvalue weighted by Crippen LogP contribution is -2.52. The molecule has 2 aliphatic rings. The van der Waals surface area contributed by atoms with E-state index >= 15 is 0 Å². The fraction of sp³-hybridized carbons (Fsp3) is 0.318. The number of benzene rings is 2. The van der Waals surface area contributed by atoms with E-state index in [1.54, 1.807) is 7.11 Å². The third kappa shape index (κ3) is 3.26. The first-order valence-corrected chi connectivity index (χ1v) is 9.43. The summed E-state index contributed by atoms with van der Waals surface area (Å²) >= 11 is 0. The van der Waals surface area contributed by atoms with E-state index in [0.717, 1.165) is 16.7 Å². The highest BCUT2D eigenvalue weighted by molar-refractivity contribution is 6.46. The van der Waals surface area contributed by atoms with Gasteiger partial charge in [0.15, 0.2) is 0 Å². The van der Waals surface area contributed by atoms with Gasteiger partial charge in [-0.15, -0.1) is 0 Å². The number of hydrogen-bond donors (Lipinski definition) is 1. The zero-order valence-corrected chi connectivity index (χ0v) is 16.1. The van der Waals surface area contributed by atoms with Crippen molar-refractivity contribution in [3.05, 3.63) is 65.2 Å². The van der Waals surface area contributed by atoms with Gasteiger partial charge in [-0.05, 0) is 30.7 Å². The Kier molecular flexibility index (Phi) is 4.63. The van der Waals surface area contributed by atoms with Gasteiger partial charge >= 0.3 is 0 Å². The van der Waals surface area contributed by atoms with E-state index in [1.807, 2.05) is 60.4 Å². The topological polar surface area (TPSA) is 71.0 Å². The molecule has 6 nitrogen and oxygen atoms in total. The van der Waals surface area contributed by atoms with Crippen molar-refractivity contribution in [1.82, 2.24) is 10.2 Å². The van der Waals surface area contributed by atoms with Crippen molar-refractivity contribution in [3.63, 3.8) is 0 Å². The minimum absolute atomic E-state index is 0.0364. The standard InChI is InChI=1S/C22H23N3O3/c1-15-6-3-4-9-18(15)21(27)25-12-10-22(11-13-25)23-19(20(26)24-22)16-7-5-8-17(14-16)28-2/h3-9,14H,10-13H2,1-2H3,(H,24,26). The largest absolute Gasteiger partial charge is 0.497 e. The van der Waals surface area contributed by atoms with E-state index in [2.05, 4.69) is 5.32 Å². The number of amides is 2. The summed E-state index contributed by atoms with van der Waals surface area (Å²) in [6, 6.07) is 15.0. The zero-order valence-electron chi connectivity index (χ0n) is 16.1. The molecule has 0 unspecified atom stereocenters. The lowest BCUT2D eigenvalue weighted by Gasteiger charge is -2.37. The van der Waals surface area contributed by atoms with E-state index in [9.17, 15) is 9.59 Å². The highest BCUT2D eigenvalue weighted by Gasteiger charge is 2.43. The average molecular weight is 377 g/mol. The van der Waals surface area contributed by atoms with Gasteiger partial charge in [-0.25, -0.2) is 0 Å². The number of nitrogens with one attached hydrogen (secondary N) is 1. The van der Waals surface area contributed by atoms with Crippen molar-refractivity contribution >= 4 is 17.5 Å². The summed E-state index contributed by atoms with van der Waals surface area (Å²) in [5.41, 5.74) is 2.25. The van der Waals surface area contributed by atoms with Gasteiger partial charge in [-0.3, -0.25) is 14.6 Å². The van der Waals surface area contributed by atoms with Crippen LogP contribution in [-0.4, -0.2) is 48.3 Å². The molecule has 1 saturated heterocycles. The van der Waals surface area contributed by atoms with Crippen molar-refractivity contribution in [2.75, 3.05) is 20.2 Å². The molecule has 4 rings (SSSR count). The first kappa shape index (κ1) is 18.2. The molecule has 2 aromatic carbocycles. The number of methoxy groups -OCH3 is 1. The maximum atomic E-state index is 12.8. The minimum Gasteiger partial charge on any atom is -0.497 e. The zero-order chi connectivity index (χ0) is 19.7. The van der Waals surface area contributed by atoms with Gasteiger partial charge in [0.25, 0.3) is 11.8 Å². The van der Waals surface area contributed by atoms with Crippen molar-refractivity contribution in [2.24, 2.45) is 4.99 Å². The molecule has 1 fully saturated rings. The predicted molar refractivity (Wildman–Crippen MR) is 107 cm³/mol. The number of carbonyl (C=O) groups is 2. The van der Waals surface area contributed by atoms with Crippen molar-refractivity contribution in [1.29, 1.82) is 0 Å². The number of aliphatic imine (C=N–C) groups is 1. The molecule has 0 saturated carbocycles. The molecular weight excluding hydrogens is 354 g/mol. The molecule has 28 heavy (non-hydrogen) atoms. The molecule has 2 heterocycles. The van der Waals surface area contributed by atoms with E-state index in [0.29, 0.717) is 37.4 Å². The third-order valence-electron chi connectivity index (χ3n) is 5.48. The molecule has 6 heteroatoms. The van der Waals surface area contributed by atoms with Gasteiger partial charge in [0.05, 0.1) is 7.11 Å². The van der Waals surface area contributed by atoms with E-state index in [-0.39, 0.29) is 11.8 Å². The number of aryl methyl sites for hydroxylation is 1. The summed E-state index contributed by atoms with van der Waals surface area (Å²) in [6.07, 6.45) is 1.20. The van der Waals surface area contributed by atoms with Crippen LogP contribution < -0.4 is 10.1 Å². The maximum Gasteiger partial charge on any atom is 0.272 e. The van der Waals surface area contributed by atoms with Gasteiger partial charge < -0.3 is 15.0 Å². The normalized spacial score (nSPS) is 18.0. The quantitative estimate of drug-likeness (QED) is 0.894. The molecule has 0 aromatic heterocycles. The number of piperidine rings is 1. The molecule has 144 valence electrons. The van der Waals surface area contributed by atoms with Gasteiger partial charge in [-0.2, -0.15) is 0 Å². The monoisotopic (exact) mass is 377 g/mol. The predicted octanol–water partition coefficient (Wildman–Crippen LogP) is 2.56. The molecule has 2 amide bonds. The number of carbonyl (C=O) groups excluding carboxylic acids is 2. The van der Waals surface area contributed by atoms with Gasteiger partial charge in [-0.1, -0.05) is 30.3 Å². The Hall–Kier alpha value is -3.15. The van der Waals surface area contributed by atoms with Crippen molar-refractivity contribution in [3.8, 4) is 5.75 Å². The summed E-state index contributed by atoms with van der Waals surface area (Å²) < 4.78 is 5.25. The van der Waals surface area contributed by atoms with Crippen LogP contribution in [0.3, 0.4) is 0 Å². The summed E-state index contributed by atoms with van der Waals surface area (Å²) in [6.45, 7) is 3.06. The number of likely N-dealkylation sites (tertiary alicyclic amines) is 1. The highest BCUT2D eigenvalue weighted by Crippen LogP contribution is 2.30. The number of ether oxygens (including phenoxy) is 1. The fourth-order valence-corrected chi connectivity index (χ4v) is 3.83. The molecule has 0 aliphatic carbocycles. The Morgan fingerprint density at radius 3 is 2.61 bits per heavy atom. The van der Waals surface area contributed by atoms with Crippen LogP contribution in [0.2, 0.25) is 0 Å². The Balaban J connectivity index is 1.51. The summed E-state index contributed by atoms with van der Waals surface area (Å²) in [7, 11) is 1.60. The Morgan fingerprint density at radius 1 is 1.14 bits per heavy atom. The molecular formula is C22H23N3O3. The van der Waals surface area contributed by atoms with E-state index < -0.39 is 5.66 Å². The molecule has 2 aliphatic heterocycles. The number of nitrogens with zero attached hydrogens (tertiary/aromatic N) is 2. The van der Waals surface area contributed by atoms with Crippen LogP contribution in [0.15, 0.2) is 53.5 Å². The number of hydrogen-bond acceptors (Lipinski definition) is 4. The molecule has 1 spiro atoms. The second-order valence-electron chi connectivity index (χ2n) is 7.29. The third-order valence-corrected chi connectivity index (χ3v) is 5.48.